The minimum Gasteiger partial charge on any atom is -0.481 e. The first-order chi connectivity index (χ1) is 24.6. The topological polar surface area (TPSA) is 146 Å². The van der Waals surface area contributed by atoms with E-state index in [0.29, 0.717) is 63.2 Å². The third-order valence-electron chi connectivity index (χ3n) is 10.7. The van der Waals surface area contributed by atoms with E-state index in [-0.39, 0.29) is 17.7 Å². The van der Waals surface area contributed by atoms with Crippen LogP contribution in [0.1, 0.15) is 76.1 Å². The van der Waals surface area contributed by atoms with Crippen LogP contribution in [0.4, 0.5) is 11.4 Å². The van der Waals surface area contributed by atoms with Crippen LogP contribution in [0.25, 0.3) is 11.1 Å². The highest BCUT2D eigenvalue weighted by Gasteiger charge is 2.29. The number of rotatable bonds is 9. The fourth-order valence-electron chi connectivity index (χ4n) is 7.73. The molecule has 4 N–H and O–H groups in total. The van der Waals surface area contributed by atoms with Crippen molar-refractivity contribution in [1.82, 2.24) is 29.3 Å². The number of carboxylic acids is 1. The third kappa shape index (κ3) is 7.15. The number of anilines is 2. The summed E-state index contributed by atoms with van der Waals surface area (Å²) in [6.45, 7) is 3.94. The SMILES string of the molecule is Cn1c(C(=O)Nc2cccc(-c3cccc(NC(=O)c4nc5c(n4C)CCN(CCC4CCC(C(=O)O)CC4)C5)c3Cl)c2Cl)nc2c1CCNC2. The Hall–Kier alpha value is -4.23. The normalized spacial score (nSPS) is 18.9. The van der Waals surface area contributed by atoms with E-state index in [0.717, 1.165) is 87.4 Å². The summed E-state index contributed by atoms with van der Waals surface area (Å²) in [4.78, 5) is 49.9. The number of halogens is 2. The van der Waals surface area contributed by atoms with Gasteiger partial charge in [0.2, 0.25) is 0 Å². The average molecular weight is 734 g/mol. The Balaban J connectivity index is 1.02. The zero-order chi connectivity index (χ0) is 35.8. The summed E-state index contributed by atoms with van der Waals surface area (Å²) in [5, 5.41) is 19.1. The van der Waals surface area contributed by atoms with Crippen molar-refractivity contribution in [2.75, 3.05) is 30.3 Å². The predicted molar refractivity (Wildman–Crippen MR) is 196 cm³/mol. The Bertz CT molecular complexity index is 2000. The monoisotopic (exact) mass is 732 g/mol. The number of fused-ring (bicyclic) bond motifs is 2. The second-order valence-electron chi connectivity index (χ2n) is 13.8. The van der Waals surface area contributed by atoms with Gasteiger partial charge in [0.15, 0.2) is 11.6 Å². The fourth-order valence-corrected chi connectivity index (χ4v) is 8.28. The number of benzene rings is 2. The van der Waals surface area contributed by atoms with Crippen LogP contribution in [0.15, 0.2) is 36.4 Å². The van der Waals surface area contributed by atoms with Gasteiger partial charge in [-0.25, -0.2) is 9.97 Å². The fraction of sp³-hybridized carbons (Fsp3) is 0.432. The molecule has 2 aliphatic heterocycles. The molecule has 12 nitrogen and oxygen atoms in total. The summed E-state index contributed by atoms with van der Waals surface area (Å²) in [5.74, 6) is -0.418. The van der Waals surface area contributed by atoms with Crippen molar-refractivity contribution in [1.29, 1.82) is 0 Å². The number of nitrogens with zero attached hydrogens (tertiary/aromatic N) is 5. The maximum atomic E-state index is 13.6. The minimum absolute atomic E-state index is 0.195. The van der Waals surface area contributed by atoms with E-state index in [4.69, 9.17) is 28.2 Å². The standard InChI is InChI=1S/C37H42Cl2N8O4/c1-45-29-13-16-40-19-27(29)41-33(45)35(48)43-25-7-3-5-23(31(25)38)24-6-4-8-26(32(24)39)44-36(49)34-42-28-20-47(18-15-30(28)46(34)2)17-14-21-9-11-22(12-10-21)37(50)51/h3-8,21-22,40H,9-20H2,1-2H3,(H,43,48)(H,44,49)(H,50,51). The van der Waals surface area contributed by atoms with Crippen molar-refractivity contribution in [2.45, 2.75) is 58.0 Å². The summed E-state index contributed by atoms with van der Waals surface area (Å²) in [6.07, 6.45) is 6.09. The van der Waals surface area contributed by atoms with Crippen LogP contribution in [0, 0.1) is 11.8 Å². The van der Waals surface area contributed by atoms with Gasteiger partial charge in [-0.05, 0) is 56.7 Å². The van der Waals surface area contributed by atoms with E-state index in [1.807, 2.05) is 35.4 Å². The Morgan fingerprint density at radius 2 is 1.41 bits per heavy atom. The summed E-state index contributed by atoms with van der Waals surface area (Å²) in [7, 11) is 3.71. The molecule has 14 heteroatoms. The van der Waals surface area contributed by atoms with Crippen LogP contribution >= 0.6 is 23.2 Å². The van der Waals surface area contributed by atoms with Crippen LogP contribution < -0.4 is 16.0 Å². The molecular weight excluding hydrogens is 691 g/mol. The second-order valence-corrected chi connectivity index (χ2v) is 14.6. The van der Waals surface area contributed by atoms with Crippen molar-refractivity contribution in [3.05, 3.63) is 80.9 Å². The lowest BCUT2D eigenvalue weighted by molar-refractivity contribution is -0.143. The van der Waals surface area contributed by atoms with Crippen molar-refractivity contribution in [2.24, 2.45) is 25.9 Å². The number of aromatic nitrogens is 4. The van der Waals surface area contributed by atoms with Gasteiger partial charge in [-0.2, -0.15) is 0 Å². The zero-order valence-corrected chi connectivity index (χ0v) is 30.3. The Kier molecular flexibility index (Phi) is 10.2. The number of carboxylic acid groups (broad SMARTS) is 1. The van der Waals surface area contributed by atoms with Gasteiger partial charge in [-0.1, -0.05) is 47.5 Å². The summed E-state index contributed by atoms with van der Waals surface area (Å²) >= 11 is 13.8. The molecule has 4 aromatic rings. The second kappa shape index (κ2) is 14.8. The molecule has 0 radical (unpaired) electrons. The molecule has 3 aliphatic rings. The Morgan fingerprint density at radius 1 is 0.843 bits per heavy atom. The number of imidazole rings is 2. The lowest BCUT2D eigenvalue weighted by Gasteiger charge is -2.30. The van der Waals surface area contributed by atoms with Gasteiger partial charge in [-0.15, -0.1) is 0 Å². The molecule has 2 aromatic carbocycles. The Morgan fingerprint density at radius 3 is 1.98 bits per heavy atom. The van der Waals surface area contributed by atoms with E-state index >= 15 is 0 Å². The quantitative estimate of drug-likeness (QED) is 0.166. The van der Waals surface area contributed by atoms with Crippen LogP contribution in [-0.4, -0.2) is 66.5 Å². The van der Waals surface area contributed by atoms with E-state index in [9.17, 15) is 19.5 Å². The molecule has 7 rings (SSSR count). The molecule has 4 heterocycles. The number of hydrogen-bond acceptors (Lipinski definition) is 7. The molecule has 1 fully saturated rings. The van der Waals surface area contributed by atoms with E-state index in [1.54, 1.807) is 24.3 Å². The largest absolute Gasteiger partial charge is 0.481 e. The molecular formula is C37H42Cl2N8O4. The number of carbonyl (C=O) groups is 3. The maximum absolute atomic E-state index is 13.6. The van der Waals surface area contributed by atoms with Crippen LogP contribution in [-0.2, 0) is 44.8 Å². The van der Waals surface area contributed by atoms with Crippen LogP contribution in [0.2, 0.25) is 10.0 Å². The van der Waals surface area contributed by atoms with E-state index in [2.05, 4.69) is 25.8 Å². The molecule has 0 spiro atoms. The highest BCUT2D eigenvalue weighted by molar-refractivity contribution is 6.40. The van der Waals surface area contributed by atoms with Crippen LogP contribution in [0.5, 0.6) is 0 Å². The highest BCUT2D eigenvalue weighted by atomic mass is 35.5. The molecule has 2 aromatic heterocycles. The molecule has 0 atom stereocenters. The van der Waals surface area contributed by atoms with Gasteiger partial charge in [0, 0.05) is 75.6 Å². The Labute approximate surface area is 306 Å². The van der Waals surface area contributed by atoms with Crippen LogP contribution in [0.3, 0.4) is 0 Å². The highest BCUT2D eigenvalue weighted by Crippen LogP contribution is 2.40. The van der Waals surface area contributed by atoms with E-state index in [1.165, 1.54) is 0 Å². The average Bonchev–Trinajstić information content (AvgIpc) is 3.65. The van der Waals surface area contributed by atoms with E-state index < -0.39 is 5.97 Å². The molecule has 0 unspecified atom stereocenters. The first-order valence-electron chi connectivity index (χ1n) is 17.5. The molecule has 1 aliphatic carbocycles. The van der Waals surface area contributed by atoms with Gasteiger partial charge in [0.05, 0.1) is 38.7 Å². The van der Waals surface area contributed by atoms with Crippen molar-refractivity contribution in [3.8, 4) is 11.1 Å². The van der Waals surface area contributed by atoms with Gasteiger partial charge < -0.3 is 30.2 Å². The summed E-state index contributed by atoms with van der Waals surface area (Å²) in [5.41, 5.74) is 5.89. The number of aliphatic carboxylic acids is 1. The van der Waals surface area contributed by atoms with Crippen molar-refractivity contribution in [3.63, 3.8) is 0 Å². The lowest BCUT2D eigenvalue weighted by atomic mass is 9.80. The molecule has 51 heavy (non-hydrogen) atoms. The van der Waals surface area contributed by atoms with Crippen molar-refractivity contribution < 1.29 is 19.5 Å². The molecule has 2 amide bonds. The smallest absolute Gasteiger partial charge is 0.306 e. The van der Waals surface area contributed by atoms with Gasteiger partial charge in [-0.3, -0.25) is 19.3 Å². The zero-order valence-electron chi connectivity index (χ0n) is 28.8. The molecule has 0 saturated heterocycles. The number of carbonyl (C=O) groups excluding carboxylic acids is 2. The summed E-state index contributed by atoms with van der Waals surface area (Å²) in [6, 6.07) is 10.7. The summed E-state index contributed by atoms with van der Waals surface area (Å²) < 4.78 is 3.70. The minimum atomic E-state index is -0.670. The van der Waals surface area contributed by atoms with Gasteiger partial charge in [0.25, 0.3) is 11.8 Å². The van der Waals surface area contributed by atoms with Gasteiger partial charge >= 0.3 is 5.97 Å². The van der Waals surface area contributed by atoms with Crippen molar-refractivity contribution >= 4 is 52.4 Å². The van der Waals surface area contributed by atoms with Gasteiger partial charge in [0.1, 0.15) is 0 Å². The number of hydrogen-bond donors (Lipinski definition) is 4. The number of amides is 2. The predicted octanol–water partition coefficient (Wildman–Crippen LogP) is 5.92. The first kappa shape index (κ1) is 35.2. The maximum Gasteiger partial charge on any atom is 0.306 e. The lowest BCUT2D eigenvalue weighted by Crippen LogP contribution is -2.33. The third-order valence-corrected chi connectivity index (χ3v) is 11.5. The first-order valence-corrected chi connectivity index (χ1v) is 18.3. The molecule has 1 saturated carbocycles. The number of nitrogens with one attached hydrogen (secondary N) is 3. The molecule has 0 bridgehead atoms. The molecule has 268 valence electrons.